The fraction of sp³-hybridized carbons (Fsp3) is 0.242. The first-order valence-corrected chi connectivity index (χ1v) is 12.3. The van der Waals surface area contributed by atoms with Gasteiger partial charge in [-0.25, -0.2) is 0 Å². The van der Waals surface area contributed by atoms with Crippen LogP contribution in [0.1, 0.15) is 44.5 Å². The number of Topliss-reactive ketones (excluding diaryl/α,β-unsaturated/α-hetero) is 1. The molecule has 0 N–H and O–H groups in total. The summed E-state index contributed by atoms with van der Waals surface area (Å²) in [6.45, 7) is 4.24. The first-order chi connectivity index (χ1) is 16.5. The van der Waals surface area contributed by atoms with Crippen LogP contribution in [0.15, 0.2) is 97.1 Å². The van der Waals surface area contributed by atoms with Crippen LogP contribution >= 0.6 is 0 Å². The third kappa shape index (κ3) is 7.28. The lowest BCUT2D eigenvalue weighted by Crippen LogP contribution is -2.07. The van der Waals surface area contributed by atoms with Gasteiger partial charge in [0.15, 0.2) is 0 Å². The molecule has 172 valence electrons. The molecule has 1 heteroatoms. The molecule has 0 fully saturated rings. The van der Waals surface area contributed by atoms with Crippen molar-refractivity contribution < 1.29 is 4.79 Å². The van der Waals surface area contributed by atoms with Gasteiger partial charge in [0.05, 0.1) is 0 Å². The second-order valence-electron chi connectivity index (χ2n) is 9.50. The van der Waals surface area contributed by atoms with Crippen LogP contribution in [0.2, 0.25) is 0 Å². The molecule has 0 radical (unpaired) electrons. The van der Waals surface area contributed by atoms with E-state index in [0.717, 1.165) is 36.8 Å². The molecule has 4 aromatic carbocycles. The van der Waals surface area contributed by atoms with Gasteiger partial charge in [-0.1, -0.05) is 108 Å². The van der Waals surface area contributed by atoms with Crippen molar-refractivity contribution in [2.45, 2.75) is 52.4 Å². The number of rotatable bonds is 10. The smallest absolute Gasteiger partial charge is 0.141 e. The molecule has 4 rings (SSSR count). The van der Waals surface area contributed by atoms with Crippen LogP contribution in [0, 0.1) is 13.8 Å². The molecule has 0 spiro atoms. The second kappa shape index (κ2) is 11.6. The Morgan fingerprint density at radius 3 is 0.941 bits per heavy atom. The molecular formula is C33H34O. The van der Waals surface area contributed by atoms with E-state index in [2.05, 4.69) is 111 Å². The highest BCUT2D eigenvalue weighted by molar-refractivity contribution is 5.83. The van der Waals surface area contributed by atoms with Gasteiger partial charge in [-0.15, -0.1) is 0 Å². The summed E-state index contributed by atoms with van der Waals surface area (Å²) in [5, 5.41) is 0. The number of carbonyl (C=O) groups excluding carboxylic acids is 1. The van der Waals surface area contributed by atoms with Gasteiger partial charge in [0, 0.05) is 12.8 Å². The summed E-state index contributed by atoms with van der Waals surface area (Å²) in [6.07, 6.45) is 5.11. The largest absolute Gasteiger partial charge is 0.299 e. The molecule has 0 saturated carbocycles. The summed E-state index contributed by atoms with van der Waals surface area (Å²) >= 11 is 0. The number of hydrogen-bond donors (Lipinski definition) is 0. The Labute approximate surface area is 204 Å². The predicted molar refractivity (Wildman–Crippen MR) is 142 cm³/mol. The zero-order valence-electron chi connectivity index (χ0n) is 20.4. The quantitative estimate of drug-likeness (QED) is 0.251. The number of carbonyl (C=O) groups is 1. The van der Waals surface area contributed by atoms with Gasteiger partial charge in [0.25, 0.3) is 0 Å². The van der Waals surface area contributed by atoms with E-state index in [9.17, 15) is 4.79 Å². The Kier molecular flexibility index (Phi) is 8.09. The van der Waals surface area contributed by atoms with Crippen molar-refractivity contribution in [1.82, 2.24) is 0 Å². The van der Waals surface area contributed by atoms with Crippen LogP contribution < -0.4 is 0 Å². The fourth-order valence-electron chi connectivity index (χ4n) is 4.25. The zero-order chi connectivity index (χ0) is 23.8. The van der Waals surface area contributed by atoms with Gasteiger partial charge in [-0.05, 0) is 72.9 Å². The van der Waals surface area contributed by atoms with Gasteiger partial charge < -0.3 is 0 Å². The maximum atomic E-state index is 12.6. The number of ketones is 1. The lowest BCUT2D eigenvalue weighted by atomic mass is 9.98. The first kappa shape index (κ1) is 23.7. The normalized spacial score (nSPS) is 10.9. The molecule has 4 aromatic rings. The Balaban J connectivity index is 1.22. The van der Waals surface area contributed by atoms with E-state index in [-0.39, 0.29) is 5.78 Å². The monoisotopic (exact) mass is 446 g/mol. The summed E-state index contributed by atoms with van der Waals surface area (Å²) < 4.78 is 0. The molecule has 0 aliphatic rings. The topological polar surface area (TPSA) is 17.1 Å². The minimum absolute atomic E-state index is 0.264. The Hall–Kier alpha value is -3.45. The average molecular weight is 447 g/mol. The lowest BCUT2D eigenvalue weighted by molar-refractivity contribution is -0.117. The van der Waals surface area contributed by atoms with Gasteiger partial charge in [0.2, 0.25) is 0 Å². The van der Waals surface area contributed by atoms with Crippen LogP contribution in [0.25, 0.3) is 0 Å². The van der Waals surface area contributed by atoms with Crippen LogP contribution in [0.4, 0.5) is 0 Å². The molecule has 0 aromatic heterocycles. The van der Waals surface area contributed by atoms with E-state index < -0.39 is 0 Å². The maximum absolute atomic E-state index is 12.6. The Bertz CT molecular complexity index is 1080. The van der Waals surface area contributed by atoms with E-state index in [0.29, 0.717) is 12.8 Å². The highest BCUT2D eigenvalue weighted by Crippen LogP contribution is 2.14. The summed E-state index contributed by atoms with van der Waals surface area (Å²) in [4.78, 5) is 12.6. The standard InChI is InChI=1S/C33H34O/c1-25-3-7-27(8-4-25)11-13-29-15-19-31(20-16-29)23-33(34)24-32-21-17-30(18-22-32)14-12-28-9-5-26(2)6-10-28/h3-10,15-22H,11-14,23-24H2,1-2H3. The van der Waals surface area contributed by atoms with Crippen LogP contribution in [0.5, 0.6) is 0 Å². The zero-order valence-corrected chi connectivity index (χ0v) is 20.4. The molecule has 0 bridgehead atoms. The van der Waals surface area contributed by atoms with E-state index in [1.165, 1.54) is 33.4 Å². The van der Waals surface area contributed by atoms with Crippen LogP contribution in [0.3, 0.4) is 0 Å². The summed E-state index contributed by atoms with van der Waals surface area (Å²) in [6, 6.07) is 34.6. The highest BCUT2D eigenvalue weighted by atomic mass is 16.1. The SMILES string of the molecule is Cc1ccc(CCc2ccc(CC(=O)Cc3ccc(CCc4ccc(C)cc4)cc3)cc2)cc1. The van der Waals surface area contributed by atoms with Crippen molar-refractivity contribution >= 4 is 5.78 Å². The summed E-state index contributed by atoms with van der Waals surface area (Å²) in [5.74, 6) is 0.264. The van der Waals surface area contributed by atoms with Crippen molar-refractivity contribution in [1.29, 1.82) is 0 Å². The molecular weight excluding hydrogens is 412 g/mol. The number of benzene rings is 4. The molecule has 0 atom stereocenters. The Morgan fingerprint density at radius 2 is 0.647 bits per heavy atom. The summed E-state index contributed by atoms with van der Waals surface area (Å²) in [5.41, 5.74) is 10.2. The van der Waals surface area contributed by atoms with Gasteiger partial charge in [-0.3, -0.25) is 4.79 Å². The number of aryl methyl sites for hydroxylation is 6. The van der Waals surface area contributed by atoms with Gasteiger partial charge in [0.1, 0.15) is 5.78 Å². The van der Waals surface area contributed by atoms with Crippen LogP contribution in [-0.2, 0) is 43.3 Å². The molecule has 0 unspecified atom stereocenters. The predicted octanol–water partition coefficient (Wildman–Crippen LogP) is 7.23. The van der Waals surface area contributed by atoms with E-state index >= 15 is 0 Å². The number of hydrogen-bond acceptors (Lipinski definition) is 1. The van der Waals surface area contributed by atoms with Crippen molar-refractivity contribution in [3.63, 3.8) is 0 Å². The van der Waals surface area contributed by atoms with Gasteiger partial charge in [-0.2, -0.15) is 0 Å². The van der Waals surface area contributed by atoms with Crippen molar-refractivity contribution in [2.24, 2.45) is 0 Å². The summed E-state index contributed by atoms with van der Waals surface area (Å²) in [7, 11) is 0. The Morgan fingerprint density at radius 1 is 0.412 bits per heavy atom. The fourth-order valence-corrected chi connectivity index (χ4v) is 4.25. The average Bonchev–Trinajstić information content (AvgIpc) is 2.85. The lowest BCUT2D eigenvalue weighted by Gasteiger charge is -2.07. The van der Waals surface area contributed by atoms with Crippen LogP contribution in [-0.4, -0.2) is 5.78 Å². The molecule has 1 nitrogen and oxygen atoms in total. The van der Waals surface area contributed by atoms with Gasteiger partial charge >= 0.3 is 0 Å². The molecule has 0 aliphatic carbocycles. The molecule has 0 aliphatic heterocycles. The molecule has 0 saturated heterocycles. The second-order valence-corrected chi connectivity index (χ2v) is 9.50. The van der Waals surface area contributed by atoms with E-state index in [1.807, 2.05) is 0 Å². The molecule has 0 heterocycles. The minimum Gasteiger partial charge on any atom is -0.299 e. The molecule has 0 amide bonds. The first-order valence-electron chi connectivity index (χ1n) is 12.3. The van der Waals surface area contributed by atoms with Crippen molar-refractivity contribution in [3.8, 4) is 0 Å². The maximum Gasteiger partial charge on any atom is 0.141 e. The van der Waals surface area contributed by atoms with Crippen molar-refractivity contribution in [2.75, 3.05) is 0 Å². The van der Waals surface area contributed by atoms with E-state index in [1.54, 1.807) is 0 Å². The van der Waals surface area contributed by atoms with E-state index in [4.69, 9.17) is 0 Å². The highest BCUT2D eigenvalue weighted by Gasteiger charge is 2.07. The minimum atomic E-state index is 0.264. The third-order valence-electron chi connectivity index (χ3n) is 6.49. The van der Waals surface area contributed by atoms with Crippen molar-refractivity contribution in [3.05, 3.63) is 142 Å². The molecule has 34 heavy (non-hydrogen) atoms. The third-order valence-corrected chi connectivity index (χ3v) is 6.49.